The molecule has 0 fully saturated rings. The van der Waals surface area contributed by atoms with Gasteiger partial charge in [-0.05, 0) is 44.9 Å². The summed E-state index contributed by atoms with van der Waals surface area (Å²) in [7, 11) is 0. The van der Waals surface area contributed by atoms with Crippen LogP contribution >= 0.6 is 0 Å². The van der Waals surface area contributed by atoms with Gasteiger partial charge >= 0.3 is 6.09 Å². The largest absolute Gasteiger partial charge is 0.494 e. The van der Waals surface area contributed by atoms with Crippen molar-refractivity contribution in [2.45, 2.75) is 39.2 Å². The van der Waals surface area contributed by atoms with E-state index >= 15 is 0 Å². The average Bonchev–Trinajstić information content (AvgIpc) is 2.93. The van der Waals surface area contributed by atoms with Crippen molar-refractivity contribution in [3.8, 4) is 5.75 Å². The zero-order chi connectivity index (χ0) is 18.0. The van der Waals surface area contributed by atoms with Gasteiger partial charge in [0, 0.05) is 18.5 Å². The molecular formula is C21H25NO3. The van der Waals surface area contributed by atoms with E-state index in [-0.39, 0.29) is 12.0 Å². The van der Waals surface area contributed by atoms with Crippen molar-refractivity contribution in [1.82, 2.24) is 0 Å². The van der Waals surface area contributed by atoms with Gasteiger partial charge < -0.3 is 9.47 Å². The lowest BCUT2D eigenvalue weighted by atomic mass is 9.93. The molecule has 0 aromatic heterocycles. The normalized spacial score (nSPS) is 16.5. The lowest BCUT2D eigenvalue weighted by molar-refractivity contribution is 0.0583. The number of ether oxygens (including phenoxy) is 2. The lowest BCUT2D eigenvalue weighted by Crippen LogP contribution is -2.36. The van der Waals surface area contributed by atoms with Gasteiger partial charge in [-0.1, -0.05) is 36.4 Å². The third-order valence-electron chi connectivity index (χ3n) is 4.16. The zero-order valence-electron chi connectivity index (χ0n) is 15.3. The van der Waals surface area contributed by atoms with E-state index in [4.69, 9.17) is 9.47 Å². The van der Waals surface area contributed by atoms with Crippen LogP contribution in [0.2, 0.25) is 0 Å². The van der Waals surface area contributed by atoms with Crippen LogP contribution in [0.5, 0.6) is 5.75 Å². The van der Waals surface area contributed by atoms with Crippen molar-refractivity contribution in [3.63, 3.8) is 0 Å². The van der Waals surface area contributed by atoms with Crippen molar-refractivity contribution < 1.29 is 14.3 Å². The molecule has 1 heterocycles. The number of carbonyl (C=O) groups is 1. The number of hydrogen-bond donors (Lipinski definition) is 0. The summed E-state index contributed by atoms with van der Waals surface area (Å²) >= 11 is 0. The molecular weight excluding hydrogens is 314 g/mol. The number of fused-ring (bicyclic) bond motifs is 1. The van der Waals surface area contributed by atoms with Gasteiger partial charge in [0.25, 0.3) is 0 Å². The highest BCUT2D eigenvalue weighted by molar-refractivity contribution is 5.92. The number of rotatable bonds is 3. The van der Waals surface area contributed by atoms with Gasteiger partial charge in [-0.25, -0.2) is 4.79 Å². The molecule has 2 aromatic rings. The van der Waals surface area contributed by atoms with Crippen molar-refractivity contribution in [2.24, 2.45) is 0 Å². The Labute approximate surface area is 149 Å². The van der Waals surface area contributed by atoms with Crippen LogP contribution in [0.4, 0.5) is 10.5 Å². The summed E-state index contributed by atoms with van der Waals surface area (Å²) in [4.78, 5) is 14.5. The minimum absolute atomic E-state index is 0.138. The molecule has 4 heteroatoms. The quantitative estimate of drug-likeness (QED) is 0.792. The van der Waals surface area contributed by atoms with E-state index in [1.54, 1.807) is 4.90 Å². The van der Waals surface area contributed by atoms with Crippen LogP contribution in [0.1, 0.15) is 44.7 Å². The predicted octanol–water partition coefficient (Wildman–Crippen LogP) is 4.97. The van der Waals surface area contributed by atoms with Crippen molar-refractivity contribution >= 4 is 11.8 Å². The molecule has 1 aliphatic heterocycles. The smallest absolute Gasteiger partial charge is 0.414 e. The van der Waals surface area contributed by atoms with Crippen LogP contribution < -0.4 is 9.64 Å². The maximum Gasteiger partial charge on any atom is 0.414 e. The number of nitrogens with zero attached hydrogens (tertiary/aromatic N) is 1. The maximum absolute atomic E-state index is 12.7. The molecule has 1 aliphatic rings. The summed E-state index contributed by atoms with van der Waals surface area (Å²) in [6.45, 7) is 8.76. The second-order valence-corrected chi connectivity index (χ2v) is 7.21. The Hall–Kier alpha value is -2.49. The molecule has 0 bridgehead atoms. The first-order chi connectivity index (χ1) is 11.9. The number of amides is 1. The minimum Gasteiger partial charge on any atom is -0.494 e. The Kier molecular flexibility index (Phi) is 4.71. The minimum atomic E-state index is -0.528. The van der Waals surface area contributed by atoms with E-state index in [9.17, 15) is 4.79 Å². The molecule has 3 rings (SSSR count). The van der Waals surface area contributed by atoms with Gasteiger partial charge in [0.2, 0.25) is 0 Å². The van der Waals surface area contributed by atoms with Gasteiger partial charge in [0.15, 0.2) is 0 Å². The topological polar surface area (TPSA) is 38.8 Å². The Morgan fingerprint density at radius 1 is 1.16 bits per heavy atom. The third-order valence-corrected chi connectivity index (χ3v) is 4.16. The van der Waals surface area contributed by atoms with Crippen LogP contribution in [-0.2, 0) is 4.74 Å². The monoisotopic (exact) mass is 339 g/mol. The molecule has 0 saturated carbocycles. The number of benzene rings is 2. The second-order valence-electron chi connectivity index (χ2n) is 7.21. The van der Waals surface area contributed by atoms with Gasteiger partial charge in [-0.15, -0.1) is 0 Å². The summed E-state index contributed by atoms with van der Waals surface area (Å²) in [5, 5.41) is 0. The van der Waals surface area contributed by atoms with Crippen LogP contribution in [0.3, 0.4) is 0 Å². The van der Waals surface area contributed by atoms with E-state index in [2.05, 4.69) is 18.2 Å². The van der Waals surface area contributed by atoms with Gasteiger partial charge in [0.05, 0.1) is 12.3 Å². The third kappa shape index (κ3) is 3.78. The second kappa shape index (κ2) is 6.79. The number of carbonyl (C=O) groups excluding carboxylic acids is 1. The van der Waals surface area contributed by atoms with E-state index in [0.29, 0.717) is 13.2 Å². The molecule has 1 atom stereocenters. The highest BCUT2D eigenvalue weighted by Gasteiger charge is 2.35. The van der Waals surface area contributed by atoms with Crippen LogP contribution in [0, 0.1) is 0 Å². The lowest BCUT2D eigenvalue weighted by Gasteiger charge is -2.25. The van der Waals surface area contributed by atoms with Gasteiger partial charge in [-0.2, -0.15) is 0 Å². The summed E-state index contributed by atoms with van der Waals surface area (Å²) in [6.07, 6.45) is -0.319. The number of anilines is 1. The predicted molar refractivity (Wildman–Crippen MR) is 99.5 cm³/mol. The zero-order valence-corrected chi connectivity index (χ0v) is 15.3. The average molecular weight is 339 g/mol. The molecule has 1 amide bonds. The molecule has 25 heavy (non-hydrogen) atoms. The molecule has 0 spiro atoms. The Morgan fingerprint density at radius 2 is 1.88 bits per heavy atom. The van der Waals surface area contributed by atoms with E-state index in [1.165, 1.54) is 5.56 Å². The molecule has 1 unspecified atom stereocenters. The molecule has 0 radical (unpaired) electrons. The summed E-state index contributed by atoms with van der Waals surface area (Å²) in [5.41, 5.74) is 2.66. The first-order valence-electron chi connectivity index (χ1n) is 8.71. The Balaban J connectivity index is 1.99. The van der Waals surface area contributed by atoms with E-state index in [1.807, 2.05) is 58.0 Å². The van der Waals surface area contributed by atoms with Crippen molar-refractivity contribution in [3.05, 3.63) is 59.7 Å². The highest BCUT2D eigenvalue weighted by Crippen LogP contribution is 2.42. The first-order valence-corrected chi connectivity index (χ1v) is 8.71. The highest BCUT2D eigenvalue weighted by atomic mass is 16.6. The molecule has 0 N–H and O–H groups in total. The molecule has 0 saturated heterocycles. The molecule has 132 valence electrons. The van der Waals surface area contributed by atoms with E-state index < -0.39 is 5.60 Å². The first kappa shape index (κ1) is 17.3. The van der Waals surface area contributed by atoms with Crippen molar-refractivity contribution in [1.29, 1.82) is 0 Å². The maximum atomic E-state index is 12.7. The fourth-order valence-corrected chi connectivity index (χ4v) is 3.15. The fraction of sp³-hybridized carbons (Fsp3) is 0.381. The SMILES string of the molecule is CCOc1ccc2c(c1)N(C(=O)OC(C)(C)C)CC2c1ccccc1. The van der Waals surface area contributed by atoms with Crippen LogP contribution in [0.25, 0.3) is 0 Å². The van der Waals surface area contributed by atoms with Gasteiger partial charge in [0.1, 0.15) is 11.4 Å². The van der Waals surface area contributed by atoms with E-state index in [0.717, 1.165) is 17.0 Å². The molecule has 4 nitrogen and oxygen atoms in total. The molecule has 0 aliphatic carbocycles. The number of hydrogen-bond acceptors (Lipinski definition) is 3. The summed E-state index contributed by atoms with van der Waals surface area (Å²) in [6, 6.07) is 16.2. The summed E-state index contributed by atoms with van der Waals surface area (Å²) in [5.74, 6) is 0.905. The van der Waals surface area contributed by atoms with Gasteiger partial charge in [-0.3, -0.25) is 4.90 Å². The Morgan fingerprint density at radius 3 is 2.52 bits per heavy atom. The fourth-order valence-electron chi connectivity index (χ4n) is 3.15. The van der Waals surface area contributed by atoms with Crippen LogP contribution in [-0.4, -0.2) is 24.8 Å². The Bertz CT molecular complexity index is 749. The summed E-state index contributed by atoms with van der Waals surface area (Å²) < 4.78 is 11.2. The molecule has 2 aromatic carbocycles. The van der Waals surface area contributed by atoms with Crippen molar-refractivity contribution in [2.75, 3.05) is 18.1 Å². The van der Waals surface area contributed by atoms with Crippen LogP contribution in [0.15, 0.2) is 48.5 Å². The standard InChI is InChI=1S/C21H25NO3/c1-5-24-16-11-12-17-18(15-9-7-6-8-10-15)14-22(19(17)13-16)20(23)25-21(2,3)4/h6-13,18H,5,14H2,1-4H3.